The van der Waals surface area contributed by atoms with E-state index in [0.717, 1.165) is 4.90 Å². The topological polar surface area (TPSA) is 121 Å². The Morgan fingerprint density at radius 2 is 1.65 bits per heavy atom. The molecule has 6 atom stereocenters. The summed E-state index contributed by atoms with van der Waals surface area (Å²) in [6, 6.07) is 5.36. The second kappa shape index (κ2) is 4.59. The molecule has 0 radical (unpaired) electrons. The van der Waals surface area contributed by atoms with Gasteiger partial charge in [-0.2, -0.15) is 0 Å². The lowest BCUT2D eigenvalue weighted by atomic mass is 9.78. The number of carbonyl (C=O) groups is 2. The molecule has 23 heavy (non-hydrogen) atoms. The number of amides is 2. The van der Waals surface area contributed by atoms with Crippen LogP contribution in [0, 0.1) is 33.8 Å². The van der Waals surface area contributed by atoms with Gasteiger partial charge in [-0.3, -0.25) is 19.7 Å². The Labute approximate surface area is 130 Å². The summed E-state index contributed by atoms with van der Waals surface area (Å²) >= 11 is 0. The summed E-state index contributed by atoms with van der Waals surface area (Å²) in [5, 5.41) is 30.9. The SMILES string of the molecule is O=C1[C@H]2[C@@H]3C[C@@H]([C@@H](O)[C@H]3O)[C@@H]2C(=O)N1c1cccc([N+](=O)[O-])c1. The second-order valence-corrected chi connectivity index (χ2v) is 6.39. The third-order valence-electron chi connectivity index (χ3n) is 5.39. The molecule has 2 bridgehead atoms. The molecule has 1 aromatic carbocycles. The molecule has 2 saturated carbocycles. The number of nitro groups is 1. The summed E-state index contributed by atoms with van der Waals surface area (Å²) in [6.45, 7) is 0. The first-order valence-electron chi connectivity index (χ1n) is 7.40. The van der Waals surface area contributed by atoms with Crippen molar-refractivity contribution in [2.45, 2.75) is 18.6 Å². The Morgan fingerprint density at radius 3 is 2.17 bits per heavy atom. The van der Waals surface area contributed by atoms with E-state index in [9.17, 15) is 29.9 Å². The zero-order chi connectivity index (χ0) is 16.5. The third kappa shape index (κ3) is 1.73. The summed E-state index contributed by atoms with van der Waals surface area (Å²) < 4.78 is 0. The predicted octanol–water partition coefficient (Wildman–Crippen LogP) is 0.0719. The minimum absolute atomic E-state index is 0.159. The van der Waals surface area contributed by atoms with E-state index in [-0.39, 0.29) is 11.4 Å². The van der Waals surface area contributed by atoms with E-state index in [1.165, 1.54) is 24.3 Å². The van der Waals surface area contributed by atoms with Crippen LogP contribution in [0.4, 0.5) is 11.4 Å². The van der Waals surface area contributed by atoms with Crippen molar-refractivity contribution in [2.24, 2.45) is 23.7 Å². The third-order valence-corrected chi connectivity index (χ3v) is 5.39. The van der Waals surface area contributed by atoms with E-state index in [0.29, 0.717) is 6.42 Å². The number of carbonyl (C=O) groups excluding carboxylic acids is 2. The first-order chi connectivity index (χ1) is 10.9. The monoisotopic (exact) mass is 318 g/mol. The first-order valence-corrected chi connectivity index (χ1v) is 7.40. The Balaban J connectivity index is 1.73. The molecule has 3 aliphatic rings. The first kappa shape index (κ1) is 14.3. The van der Waals surface area contributed by atoms with E-state index in [1.807, 2.05) is 0 Å². The maximum atomic E-state index is 12.7. The molecule has 0 spiro atoms. The molecule has 2 aliphatic carbocycles. The van der Waals surface area contributed by atoms with Gasteiger partial charge in [0.2, 0.25) is 11.8 Å². The molecule has 2 amide bonds. The van der Waals surface area contributed by atoms with Crippen molar-refractivity contribution >= 4 is 23.2 Å². The highest BCUT2D eigenvalue weighted by molar-refractivity contribution is 6.22. The van der Waals surface area contributed by atoms with Gasteiger partial charge in [0.25, 0.3) is 5.69 Å². The number of non-ortho nitro benzene ring substituents is 1. The highest BCUT2D eigenvalue weighted by Crippen LogP contribution is 2.56. The Bertz CT molecular complexity index is 702. The van der Waals surface area contributed by atoms with E-state index in [1.54, 1.807) is 0 Å². The number of anilines is 1. The Morgan fingerprint density at radius 1 is 1.09 bits per heavy atom. The van der Waals surface area contributed by atoms with Gasteiger partial charge in [0.1, 0.15) is 0 Å². The fourth-order valence-electron chi connectivity index (χ4n) is 4.43. The van der Waals surface area contributed by atoms with Crippen molar-refractivity contribution in [3.8, 4) is 0 Å². The van der Waals surface area contributed by atoms with Crippen LogP contribution < -0.4 is 4.90 Å². The van der Waals surface area contributed by atoms with Gasteiger partial charge < -0.3 is 10.2 Å². The lowest BCUT2D eigenvalue weighted by molar-refractivity contribution is -0.384. The van der Waals surface area contributed by atoms with Crippen LogP contribution in [-0.2, 0) is 9.59 Å². The molecular formula is C15H14N2O6. The molecule has 8 nitrogen and oxygen atoms in total. The highest BCUT2D eigenvalue weighted by atomic mass is 16.6. The molecule has 1 aromatic rings. The second-order valence-electron chi connectivity index (χ2n) is 6.39. The van der Waals surface area contributed by atoms with Crippen molar-refractivity contribution in [1.29, 1.82) is 0 Å². The molecule has 120 valence electrons. The number of fused-ring (bicyclic) bond motifs is 5. The van der Waals surface area contributed by atoms with E-state index in [4.69, 9.17) is 0 Å². The molecule has 1 saturated heterocycles. The number of nitrogens with zero attached hydrogens (tertiary/aromatic N) is 2. The normalized spacial score (nSPS) is 38.3. The van der Waals surface area contributed by atoms with Gasteiger partial charge in [0.05, 0.1) is 34.7 Å². The summed E-state index contributed by atoms with van der Waals surface area (Å²) in [5.41, 5.74) is -0.0461. The van der Waals surface area contributed by atoms with E-state index in [2.05, 4.69) is 0 Å². The summed E-state index contributed by atoms with van der Waals surface area (Å²) in [6.07, 6.45) is -1.54. The lowest BCUT2D eigenvalue weighted by Crippen LogP contribution is -2.43. The van der Waals surface area contributed by atoms with Gasteiger partial charge >= 0.3 is 0 Å². The van der Waals surface area contributed by atoms with Crippen LogP contribution in [0.1, 0.15) is 6.42 Å². The van der Waals surface area contributed by atoms with Gasteiger partial charge in [-0.05, 0) is 12.5 Å². The largest absolute Gasteiger partial charge is 0.390 e. The molecule has 0 aromatic heterocycles. The molecule has 3 fully saturated rings. The van der Waals surface area contributed by atoms with Gasteiger partial charge in [-0.15, -0.1) is 0 Å². The van der Waals surface area contributed by atoms with Crippen LogP contribution in [0.2, 0.25) is 0 Å². The molecule has 4 rings (SSSR count). The van der Waals surface area contributed by atoms with Crippen molar-refractivity contribution in [3.05, 3.63) is 34.4 Å². The van der Waals surface area contributed by atoms with E-state index < -0.39 is 52.6 Å². The van der Waals surface area contributed by atoms with Crippen LogP contribution in [0.25, 0.3) is 0 Å². The molecule has 0 unspecified atom stereocenters. The lowest BCUT2D eigenvalue weighted by Gasteiger charge is -2.29. The number of imide groups is 1. The van der Waals surface area contributed by atoms with Gasteiger partial charge in [0, 0.05) is 24.0 Å². The van der Waals surface area contributed by atoms with Gasteiger partial charge in [-0.1, -0.05) is 6.07 Å². The van der Waals surface area contributed by atoms with Crippen molar-refractivity contribution in [1.82, 2.24) is 0 Å². The fraction of sp³-hybridized carbons (Fsp3) is 0.467. The molecule has 1 heterocycles. The minimum atomic E-state index is -0.997. The zero-order valence-corrected chi connectivity index (χ0v) is 11.9. The Hall–Kier alpha value is -2.32. The van der Waals surface area contributed by atoms with Crippen molar-refractivity contribution < 1.29 is 24.7 Å². The zero-order valence-electron chi connectivity index (χ0n) is 11.9. The molecule has 2 N–H and O–H groups in total. The maximum absolute atomic E-state index is 12.7. The summed E-state index contributed by atoms with van der Waals surface area (Å²) in [4.78, 5) is 36.6. The highest BCUT2D eigenvalue weighted by Gasteiger charge is 2.67. The quantitative estimate of drug-likeness (QED) is 0.452. The number of hydrogen-bond donors (Lipinski definition) is 2. The van der Waals surface area contributed by atoms with Crippen LogP contribution >= 0.6 is 0 Å². The average molecular weight is 318 g/mol. The molecular weight excluding hydrogens is 304 g/mol. The number of benzene rings is 1. The number of rotatable bonds is 2. The summed E-state index contributed by atoms with van der Waals surface area (Å²) in [7, 11) is 0. The number of nitro benzene ring substituents is 1. The fourth-order valence-corrected chi connectivity index (χ4v) is 4.43. The maximum Gasteiger partial charge on any atom is 0.271 e. The smallest absolute Gasteiger partial charge is 0.271 e. The van der Waals surface area contributed by atoms with Crippen molar-refractivity contribution in [3.63, 3.8) is 0 Å². The van der Waals surface area contributed by atoms with Gasteiger partial charge in [-0.25, -0.2) is 4.90 Å². The van der Waals surface area contributed by atoms with Crippen LogP contribution in [0.5, 0.6) is 0 Å². The van der Waals surface area contributed by atoms with Crippen LogP contribution in [-0.4, -0.2) is 39.2 Å². The van der Waals surface area contributed by atoms with Crippen LogP contribution in [0.15, 0.2) is 24.3 Å². The van der Waals surface area contributed by atoms with Crippen molar-refractivity contribution in [2.75, 3.05) is 4.90 Å². The van der Waals surface area contributed by atoms with Crippen LogP contribution in [0.3, 0.4) is 0 Å². The minimum Gasteiger partial charge on any atom is -0.390 e. The predicted molar refractivity (Wildman–Crippen MR) is 76.2 cm³/mol. The number of hydrogen-bond acceptors (Lipinski definition) is 6. The standard InChI is InChI=1S/C15H14N2O6/c18-12-8-5-9(13(12)19)11-10(8)14(20)16(15(11)21)6-2-1-3-7(4-6)17(22)23/h1-4,8-13,18-19H,5H2/t8-,9+,10-,11-,12-,13+/m0/s1. The van der Waals surface area contributed by atoms with E-state index >= 15 is 0 Å². The molecule has 8 heteroatoms. The number of aliphatic hydroxyl groups excluding tert-OH is 2. The summed E-state index contributed by atoms with van der Waals surface area (Å²) in [5.74, 6) is -3.05. The average Bonchev–Trinajstić information content (AvgIpc) is 3.12. The molecule has 1 aliphatic heterocycles. The van der Waals surface area contributed by atoms with Gasteiger partial charge in [0.15, 0.2) is 0 Å². The Kier molecular flexibility index (Phi) is 2.85. The number of aliphatic hydroxyl groups is 2.